The van der Waals surface area contributed by atoms with Crippen LogP contribution in [-0.2, 0) is 0 Å². The molecule has 54 valence electrons. The minimum absolute atomic E-state index is 0.611. The van der Waals surface area contributed by atoms with Gasteiger partial charge in [0.25, 0.3) is 0 Å². The second-order valence-corrected chi connectivity index (χ2v) is 4.20. The quantitative estimate of drug-likeness (QED) is 0.468. The smallest absolute Gasteiger partial charge is 0.0303 e. The Morgan fingerprint density at radius 2 is 1.33 bits per heavy atom. The van der Waals surface area contributed by atoms with Gasteiger partial charge in [-0.15, -0.1) is 0 Å². The average molecular weight is 126 g/mol. The maximum Gasteiger partial charge on any atom is -0.0303 e. The molecule has 1 aliphatic rings. The van der Waals surface area contributed by atoms with E-state index in [9.17, 15) is 0 Å². The van der Waals surface area contributed by atoms with Gasteiger partial charge in [-0.3, -0.25) is 0 Å². The van der Waals surface area contributed by atoms with E-state index in [4.69, 9.17) is 0 Å². The lowest BCUT2D eigenvalue weighted by Gasteiger charge is -2.28. The zero-order valence-corrected chi connectivity index (χ0v) is 7.07. The highest BCUT2D eigenvalue weighted by Crippen LogP contribution is 2.46. The molecule has 0 aliphatic heterocycles. The van der Waals surface area contributed by atoms with Gasteiger partial charge in [-0.25, -0.2) is 0 Å². The molecule has 1 saturated carbocycles. The topological polar surface area (TPSA) is 0 Å². The molecule has 0 heteroatoms. The summed E-state index contributed by atoms with van der Waals surface area (Å²) in [5.74, 6) is 1.87. The Morgan fingerprint density at radius 1 is 1.00 bits per heavy atom. The van der Waals surface area contributed by atoms with Crippen LogP contribution in [0.1, 0.15) is 40.5 Å². The van der Waals surface area contributed by atoms with E-state index >= 15 is 0 Å². The van der Waals surface area contributed by atoms with Gasteiger partial charge in [0.2, 0.25) is 0 Å². The molecule has 1 fully saturated rings. The monoisotopic (exact) mass is 126 g/mol. The van der Waals surface area contributed by atoms with Crippen molar-refractivity contribution in [1.82, 2.24) is 0 Å². The van der Waals surface area contributed by atoms with Crippen molar-refractivity contribution in [3.63, 3.8) is 0 Å². The van der Waals surface area contributed by atoms with Gasteiger partial charge in [0.15, 0.2) is 0 Å². The normalized spacial score (nSPS) is 41.3. The van der Waals surface area contributed by atoms with Gasteiger partial charge in [-0.2, -0.15) is 0 Å². The molecule has 1 aliphatic carbocycles. The third kappa shape index (κ3) is 0.997. The summed E-state index contributed by atoms with van der Waals surface area (Å²) in [5, 5.41) is 0. The maximum absolute atomic E-state index is 2.40. The fourth-order valence-corrected chi connectivity index (χ4v) is 1.73. The van der Waals surface area contributed by atoms with Crippen molar-refractivity contribution in [2.75, 3.05) is 0 Å². The summed E-state index contributed by atoms with van der Waals surface area (Å²) in [6, 6.07) is 0. The van der Waals surface area contributed by atoms with E-state index in [1.807, 2.05) is 0 Å². The van der Waals surface area contributed by atoms with Gasteiger partial charge in [0.1, 0.15) is 0 Å². The summed E-state index contributed by atoms with van der Waals surface area (Å²) >= 11 is 0. The first-order valence-electron chi connectivity index (χ1n) is 4.05. The lowest BCUT2D eigenvalue weighted by atomic mass is 9.77. The van der Waals surface area contributed by atoms with Crippen LogP contribution < -0.4 is 0 Å². The molecule has 9 heavy (non-hydrogen) atoms. The highest BCUT2D eigenvalue weighted by Gasteiger charge is 2.37. The van der Waals surface area contributed by atoms with Crippen molar-refractivity contribution < 1.29 is 0 Å². The third-order valence-corrected chi connectivity index (χ3v) is 3.57. The Hall–Kier alpha value is 0. The summed E-state index contributed by atoms with van der Waals surface area (Å²) in [6.45, 7) is 9.55. The van der Waals surface area contributed by atoms with Crippen LogP contribution in [-0.4, -0.2) is 0 Å². The second-order valence-electron chi connectivity index (χ2n) is 4.20. The second kappa shape index (κ2) is 2.00. The lowest BCUT2D eigenvalue weighted by Crippen LogP contribution is -2.20. The highest BCUT2D eigenvalue weighted by atomic mass is 14.4. The molecular formula is C9H18. The van der Waals surface area contributed by atoms with Crippen LogP contribution >= 0.6 is 0 Å². The molecule has 0 nitrogen and oxygen atoms in total. The van der Waals surface area contributed by atoms with Crippen LogP contribution in [0.4, 0.5) is 0 Å². The van der Waals surface area contributed by atoms with Crippen LogP contribution in [0.15, 0.2) is 0 Å². The Balaban J connectivity index is 2.66. The van der Waals surface area contributed by atoms with E-state index in [-0.39, 0.29) is 0 Å². The molecule has 0 spiro atoms. The molecule has 0 aromatic rings. The van der Waals surface area contributed by atoms with Crippen molar-refractivity contribution >= 4 is 0 Å². The molecule has 0 radical (unpaired) electrons. The van der Waals surface area contributed by atoms with Gasteiger partial charge in [0, 0.05) is 0 Å². The van der Waals surface area contributed by atoms with E-state index in [0.717, 1.165) is 11.8 Å². The molecule has 0 aromatic carbocycles. The molecular weight excluding hydrogens is 108 g/mol. The van der Waals surface area contributed by atoms with Crippen molar-refractivity contribution in [2.45, 2.75) is 40.5 Å². The van der Waals surface area contributed by atoms with E-state index in [2.05, 4.69) is 27.7 Å². The van der Waals surface area contributed by atoms with Crippen LogP contribution in [0.3, 0.4) is 0 Å². The summed E-state index contributed by atoms with van der Waals surface area (Å²) < 4.78 is 0. The van der Waals surface area contributed by atoms with Crippen LogP contribution in [0.25, 0.3) is 0 Å². The largest absolute Gasteiger partial charge is 0.0620 e. The van der Waals surface area contributed by atoms with Gasteiger partial charge < -0.3 is 0 Å². The zero-order valence-electron chi connectivity index (χ0n) is 7.07. The number of rotatable bonds is 0. The van der Waals surface area contributed by atoms with Crippen molar-refractivity contribution in [3.8, 4) is 0 Å². The fourth-order valence-electron chi connectivity index (χ4n) is 1.73. The third-order valence-electron chi connectivity index (χ3n) is 3.57. The van der Waals surface area contributed by atoms with E-state index in [1.54, 1.807) is 0 Å². The van der Waals surface area contributed by atoms with Crippen molar-refractivity contribution in [1.29, 1.82) is 0 Å². The van der Waals surface area contributed by atoms with Crippen LogP contribution in [0.5, 0.6) is 0 Å². The summed E-state index contributed by atoms with van der Waals surface area (Å²) in [6.07, 6.45) is 2.88. The molecule has 0 bridgehead atoms. The predicted octanol–water partition coefficient (Wildman–Crippen LogP) is 3.08. The first-order chi connectivity index (χ1) is 4.05. The lowest BCUT2D eigenvalue weighted by molar-refractivity contribution is 0.212. The highest BCUT2D eigenvalue weighted by molar-refractivity contribution is 4.86. The van der Waals surface area contributed by atoms with Gasteiger partial charge >= 0.3 is 0 Å². The zero-order chi connectivity index (χ0) is 7.07. The van der Waals surface area contributed by atoms with E-state index < -0.39 is 0 Å². The molecule has 0 N–H and O–H groups in total. The Labute approximate surface area is 58.7 Å². The van der Waals surface area contributed by atoms with E-state index in [1.165, 1.54) is 12.8 Å². The van der Waals surface area contributed by atoms with Crippen LogP contribution in [0.2, 0.25) is 0 Å². The van der Waals surface area contributed by atoms with E-state index in [0.29, 0.717) is 5.41 Å². The molecule has 0 aromatic heterocycles. The molecule has 0 heterocycles. The summed E-state index contributed by atoms with van der Waals surface area (Å²) in [5.41, 5.74) is 0.611. The summed E-state index contributed by atoms with van der Waals surface area (Å²) in [4.78, 5) is 0. The molecule has 2 unspecified atom stereocenters. The number of hydrogen-bond donors (Lipinski definition) is 0. The SMILES string of the molecule is CC1CCC(C)C1(C)C. The number of hydrogen-bond acceptors (Lipinski definition) is 0. The fraction of sp³-hybridized carbons (Fsp3) is 1.00. The van der Waals surface area contributed by atoms with Crippen molar-refractivity contribution in [2.24, 2.45) is 17.3 Å². The Morgan fingerprint density at radius 3 is 1.44 bits per heavy atom. The average Bonchev–Trinajstić information content (AvgIpc) is 1.96. The predicted molar refractivity (Wildman–Crippen MR) is 41.3 cm³/mol. The molecule has 2 atom stereocenters. The van der Waals surface area contributed by atoms with Gasteiger partial charge in [-0.05, 0) is 30.1 Å². The van der Waals surface area contributed by atoms with Crippen LogP contribution in [0, 0.1) is 17.3 Å². The Bertz CT molecular complexity index is 90.6. The standard InChI is InChI=1S/C9H18/c1-7-5-6-8(2)9(7,3)4/h7-8H,5-6H2,1-4H3. The first-order valence-corrected chi connectivity index (χ1v) is 4.05. The molecule has 1 rings (SSSR count). The van der Waals surface area contributed by atoms with Gasteiger partial charge in [0.05, 0.1) is 0 Å². The minimum atomic E-state index is 0.611. The maximum atomic E-state index is 2.40. The van der Waals surface area contributed by atoms with Gasteiger partial charge in [-0.1, -0.05) is 27.7 Å². The summed E-state index contributed by atoms with van der Waals surface area (Å²) in [7, 11) is 0. The first kappa shape index (κ1) is 7.11. The molecule has 0 amide bonds. The minimum Gasteiger partial charge on any atom is -0.0620 e. The van der Waals surface area contributed by atoms with Crippen molar-refractivity contribution in [3.05, 3.63) is 0 Å². The molecule has 0 saturated heterocycles. The Kier molecular flexibility index (Phi) is 1.58.